The maximum absolute atomic E-state index is 12.8. The van der Waals surface area contributed by atoms with Gasteiger partial charge in [0, 0.05) is 43.1 Å². The molecule has 1 N–H and O–H groups in total. The molecule has 8 heteroatoms. The van der Waals surface area contributed by atoms with Gasteiger partial charge in [0.2, 0.25) is 15.9 Å². The maximum atomic E-state index is 12.8. The molecule has 174 valence electrons. The maximum Gasteiger partial charge on any atom is 0.223 e. The van der Waals surface area contributed by atoms with E-state index in [0.29, 0.717) is 32.5 Å². The minimum absolute atomic E-state index is 0.00294. The minimum atomic E-state index is -3.37. The van der Waals surface area contributed by atoms with E-state index in [2.05, 4.69) is 40.0 Å². The van der Waals surface area contributed by atoms with Crippen molar-refractivity contribution < 1.29 is 13.2 Å². The van der Waals surface area contributed by atoms with Crippen molar-refractivity contribution in [2.75, 3.05) is 39.3 Å². The van der Waals surface area contributed by atoms with Crippen LogP contribution in [0.2, 0.25) is 0 Å². The lowest BCUT2D eigenvalue weighted by Gasteiger charge is -2.35. The SMILES string of the molecule is CC1CC(C)CN(CCCNC(=O)C2CCN(S(=O)(=O)Cc3cccc(Br)c3)CC2)C1. The lowest BCUT2D eigenvalue weighted by atomic mass is 9.92. The Hall–Kier alpha value is -0.960. The van der Waals surface area contributed by atoms with Crippen LogP contribution < -0.4 is 5.32 Å². The van der Waals surface area contributed by atoms with Crippen molar-refractivity contribution in [3.05, 3.63) is 34.3 Å². The molecule has 1 aromatic rings. The van der Waals surface area contributed by atoms with Crippen molar-refractivity contribution in [2.24, 2.45) is 17.8 Å². The number of hydrogen-bond acceptors (Lipinski definition) is 4. The van der Waals surface area contributed by atoms with Crippen molar-refractivity contribution >= 4 is 31.9 Å². The molecule has 0 spiro atoms. The van der Waals surface area contributed by atoms with Gasteiger partial charge in [-0.05, 0) is 61.8 Å². The van der Waals surface area contributed by atoms with Gasteiger partial charge in [-0.3, -0.25) is 4.79 Å². The van der Waals surface area contributed by atoms with Crippen LogP contribution in [0, 0.1) is 17.8 Å². The molecule has 2 aliphatic heterocycles. The molecule has 1 amide bonds. The van der Waals surface area contributed by atoms with Crippen molar-refractivity contribution in [3.8, 4) is 0 Å². The number of carbonyl (C=O) groups excluding carboxylic acids is 1. The number of nitrogens with one attached hydrogen (secondary N) is 1. The lowest BCUT2D eigenvalue weighted by Crippen LogP contribution is -2.44. The van der Waals surface area contributed by atoms with Crippen LogP contribution in [-0.4, -0.2) is 62.8 Å². The first-order valence-corrected chi connectivity index (χ1v) is 13.9. The third-order valence-corrected chi connectivity index (χ3v) is 8.69. The van der Waals surface area contributed by atoms with Crippen molar-refractivity contribution in [1.29, 1.82) is 0 Å². The summed E-state index contributed by atoms with van der Waals surface area (Å²) in [6, 6.07) is 7.39. The van der Waals surface area contributed by atoms with E-state index < -0.39 is 10.0 Å². The molecule has 2 heterocycles. The number of sulfonamides is 1. The van der Waals surface area contributed by atoms with Crippen molar-refractivity contribution in [3.63, 3.8) is 0 Å². The first-order valence-electron chi connectivity index (χ1n) is 11.5. The number of piperidine rings is 2. The first kappa shape index (κ1) is 24.7. The Balaban J connectivity index is 1.37. The first-order chi connectivity index (χ1) is 14.7. The topological polar surface area (TPSA) is 69.7 Å². The van der Waals surface area contributed by atoms with Gasteiger partial charge in [-0.2, -0.15) is 0 Å². The van der Waals surface area contributed by atoms with E-state index in [4.69, 9.17) is 0 Å². The number of halogens is 1. The number of carbonyl (C=O) groups is 1. The minimum Gasteiger partial charge on any atom is -0.356 e. The Labute approximate surface area is 195 Å². The van der Waals surface area contributed by atoms with Gasteiger partial charge in [0.15, 0.2) is 0 Å². The fourth-order valence-electron chi connectivity index (χ4n) is 4.96. The lowest BCUT2D eigenvalue weighted by molar-refractivity contribution is -0.126. The zero-order valence-electron chi connectivity index (χ0n) is 18.7. The molecule has 3 rings (SSSR count). The molecule has 2 fully saturated rings. The molecule has 0 aromatic heterocycles. The average molecular weight is 515 g/mol. The van der Waals surface area contributed by atoms with E-state index in [0.717, 1.165) is 47.9 Å². The van der Waals surface area contributed by atoms with Gasteiger partial charge in [-0.15, -0.1) is 0 Å². The summed E-state index contributed by atoms with van der Waals surface area (Å²) >= 11 is 3.39. The summed E-state index contributed by atoms with van der Waals surface area (Å²) in [6.07, 6.45) is 3.45. The van der Waals surface area contributed by atoms with Gasteiger partial charge >= 0.3 is 0 Å². The fourth-order valence-corrected chi connectivity index (χ4v) is 6.96. The fraction of sp³-hybridized carbons (Fsp3) is 0.696. The highest BCUT2D eigenvalue weighted by Crippen LogP contribution is 2.23. The predicted molar refractivity (Wildman–Crippen MR) is 128 cm³/mol. The normalized spacial score (nSPS) is 24.2. The summed E-state index contributed by atoms with van der Waals surface area (Å²) in [5.74, 6) is 1.49. The quantitative estimate of drug-likeness (QED) is 0.540. The van der Waals surface area contributed by atoms with E-state index in [1.165, 1.54) is 10.7 Å². The zero-order chi connectivity index (χ0) is 22.4. The second-order valence-corrected chi connectivity index (χ2v) is 12.3. The molecule has 0 bridgehead atoms. The molecule has 2 saturated heterocycles. The van der Waals surface area contributed by atoms with Crippen LogP contribution in [0.3, 0.4) is 0 Å². The third kappa shape index (κ3) is 7.55. The van der Waals surface area contributed by atoms with Crippen molar-refractivity contribution in [1.82, 2.24) is 14.5 Å². The van der Waals surface area contributed by atoms with E-state index in [1.807, 2.05) is 24.3 Å². The third-order valence-electron chi connectivity index (χ3n) is 6.35. The molecule has 6 nitrogen and oxygen atoms in total. The van der Waals surface area contributed by atoms with Gasteiger partial charge in [0.1, 0.15) is 0 Å². The largest absolute Gasteiger partial charge is 0.356 e. The summed E-state index contributed by atoms with van der Waals surface area (Å²) in [4.78, 5) is 15.1. The Morgan fingerprint density at radius 1 is 1.16 bits per heavy atom. The van der Waals surface area contributed by atoms with Crippen molar-refractivity contribution in [2.45, 2.75) is 45.3 Å². The Kier molecular flexibility index (Phi) is 8.96. The van der Waals surface area contributed by atoms with Crippen LogP contribution in [0.15, 0.2) is 28.7 Å². The Morgan fingerprint density at radius 2 is 1.84 bits per heavy atom. The van der Waals surface area contributed by atoms with E-state index in [9.17, 15) is 13.2 Å². The molecule has 0 radical (unpaired) electrons. The predicted octanol–water partition coefficient (Wildman–Crippen LogP) is 3.48. The number of benzene rings is 1. The van der Waals surface area contributed by atoms with Crippen LogP contribution >= 0.6 is 15.9 Å². The summed E-state index contributed by atoms with van der Waals surface area (Å²) in [5, 5.41) is 3.08. The monoisotopic (exact) mass is 513 g/mol. The molecule has 1 aromatic carbocycles. The Morgan fingerprint density at radius 3 is 2.48 bits per heavy atom. The number of nitrogens with zero attached hydrogens (tertiary/aromatic N) is 2. The molecule has 0 aliphatic carbocycles. The number of hydrogen-bond donors (Lipinski definition) is 1. The standard InChI is InChI=1S/C23H36BrN3O3S/c1-18-13-19(2)16-26(15-18)10-4-9-25-23(28)21-7-11-27(12-8-21)31(29,30)17-20-5-3-6-22(24)14-20/h3,5-6,14,18-19,21H,4,7-13,15-17H2,1-2H3,(H,25,28). The van der Waals surface area contributed by atoms with E-state index in [1.54, 1.807) is 0 Å². The zero-order valence-corrected chi connectivity index (χ0v) is 21.1. The highest BCUT2D eigenvalue weighted by atomic mass is 79.9. The van der Waals surface area contributed by atoms with Crippen LogP contribution in [0.4, 0.5) is 0 Å². The van der Waals surface area contributed by atoms with Gasteiger partial charge in [-0.25, -0.2) is 12.7 Å². The smallest absolute Gasteiger partial charge is 0.223 e. The summed E-state index contributed by atoms with van der Waals surface area (Å²) in [7, 11) is -3.37. The van der Waals surface area contributed by atoms with Gasteiger partial charge in [-0.1, -0.05) is 41.9 Å². The van der Waals surface area contributed by atoms with E-state index >= 15 is 0 Å². The van der Waals surface area contributed by atoms with Gasteiger partial charge < -0.3 is 10.2 Å². The Bertz CT molecular complexity index is 830. The van der Waals surface area contributed by atoms with Crippen LogP contribution in [0.1, 0.15) is 45.1 Å². The summed E-state index contributed by atoms with van der Waals surface area (Å²) in [5.41, 5.74) is 0.770. The number of likely N-dealkylation sites (tertiary alicyclic amines) is 1. The highest BCUT2D eigenvalue weighted by molar-refractivity contribution is 9.10. The van der Waals surface area contributed by atoms with Crippen LogP contribution in [0.25, 0.3) is 0 Å². The summed E-state index contributed by atoms with van der Waals surface area (Å²) in [6.45, 7) is 9.50. The van der Waals surface area contributed by atoms with E-state index in [-0.39, 0.29) is 17.6 Å². The molecular weight excluding hydrogens is 478 g/mol. The molecule has 2 unspecified atom stereocenters. The second kappa shape index (κ2) is 11.3. The average Bonchev–Trinajstić information content (AvgIpc) is 2.70. The van der Waals surface area contributed by atoms with Crippen LogP contribution in [0.5, 0.6) is 0 Å². The number of amides is 1. The van der Waals surface area contributed by atoms with Gasteiger partial charge in [0.25, 0.3) is 0 Å². The molecular formula is C23H36BrN3O3S. The molecule has 31 heavy (non-hydrogen) atoms. The highest BCUT2D eigenvalue weighted by Gasteiger charge is 2.31. The van der Waals surface area contributed by atoms with Crippen LogP contribution in [-0.2, 0) is 20.6 Å². The second-order valence-electron chi connectivity index (χ2n) is 9.41. The molecule has 2 aliphatic rings. The van der Waals surface area contributed by atoms with Gasteiger partial charge in [0.05, 0.1) is 5.75 Å². The molecule has 0 saturated carbocycles. The molecule has 2 atom stereocenters. The summed E-state index contributed by atoms with van der Waals surface area (Å²) < 4.78 is 27.9. The number of rotatable bonds is 8.